The van der Waals surface area contributed by atoms with Gasteiger partial charge in [0.05, 0.1) is 12.4 Å². The van der Waals surface area contributed by atoms with Gasteiger partial charge in [0, 0.05) is 6.54 Å². The fourth-order valence-electron chi connectivity index (χ4n) is 1.03. The zero-order chi connectivity index (χ0) is 11.3. The van der Waals surface area contributed by atoms with Crippen LogP contribution in [0.3, 0.4) is 0 Å². The molecule has 1 rings (SSSR count). The molecule has 1 unspecified atom stereocenters. The van der Waals surface area contributed by atoms with E-state index in [2.05, 4.69) is 20.6 Å². The number of carbonyl (C=O) groups excluding carboxylic acids is 1. The zero-order valence-corrected chi connectivity index (χ0v) is 9.38. The third-order valence-corrected chi connectivity index (χ3v) is 1.90. The average Bonchev–Trinajstić information content (AvgIpc) is 2.18. The van der Waals surface area contributed by atoms with E-state index in [-0.39, 0.29) is 11.9 Å². The van der Waals surface area contributed by atoms with Crippen molar-refractivity contribution < 1.29 is 4.79 Å². The van der Waals surface area contributed by atoms with Crippen LogP contribution in [0.15, 0.2) is 12.4 Å². The Labute approximate surface area is 93.3 Å². The van der Waals surface area contributed by atoms with Gasteiger partial charge in [-0.15, -0.1) is 0 Å². The molecule has 0 spiro atoms. The van der Waals surface area contributed by atoms with Crippen LogP contribution in [-0.2, 0) is 4.79 Å². The van der Waals surface area contributed by atoms with E-state index in [1.807, 2.05) is 6.92 Å². The molecule has 1 heterocycles. The van der Waals surface area contributed by atoms with Gasteiger partial charge in [-0.25, -0.2) is 4.98 Å². The number of aromatic nitrogens is 2. The second-order valence-electron chi connectivity index (χ2n) is 2.99. The lowest BCUT2D eigenvalue weighted by Gasteiger charge is -2.13. The van der Waals surface area contributed by atoms with E-state index in [1.54, 1.807) is 6.92 Å². The molecular formula is C9H13ClN4O. The molecule has 82 valence electrons. The van der Waals surface area contributed by atoms with Crippen molar-refractivity contribution in [2.24, 2.45) is 0 Å². The molecule has 0 aliphatic rings. The van der Waals surface area contributed by atoms with Crippen molar-refractivity contribution in [2.45, 2.75) is 19.9 Å². The van der Waals surface area contributed by atoms with Gasteiger partial charge < -0.3 is 10.6 Å². The predicted octanol–water partition coefficient (Wildman–Crippen LogP) is 1.07. The van der Waals surface area contributed by atoms with Crippen LogP contribution in [0.25, 0.3) is 0 Å². The van der Waals surface area contributed by atoms with Gasteiger partial charge in [-0.2, -0.15) is 0 Å². The van der Waals surface area contributed by atoms with Crippen LogP contribution in [-0.4, -0.2) is 28.5 Å². The largest absolute Gasteiger partial charge is 0.357 e. The molecule has 5 nitrogen and oxygen atoms in total. The summed E-state index contributed by atoms with van der Waals surface area (Å²) in [4.78, 5) is 19.2. The lowest BCUT2D eigenvalue weighted by Crippen LogP contribution is -2.37. The van der Waals surface area contributed by atoms with E-state index in [1.165, 1.54) is 12.4 Å². The Morgan fingerprint density at radius 3 is 2.93 bits per heavy atom. The number of likely N-dealkylation sites (N-methyl/N-ethyl adjacent to an activating group) is 1. The molecule has 1 amide bonds. The summed E-state index contributed by atoms with van der Waals surface area (Å²) in [6, 6.07) is -0.363. The zero-order valence-electron chi connectivity index (χ0n) is 8.62. The number of nitrogens with one attached hydrogen (secondary N) is 2. The maximum Gasteiger partial charge on any atom is 0.242 e. The normalized spacial score (nSPS) is 11.9. The first-order valence-electron chi connectivity index (χ1n) is 4.65. The van der Waals surface area contributed by atoms with E-state index in [9.17, 15) is 4.79 Å². The lowest BCUT2D eigenvalue weighted by molar-refractivity contribution is -0.121. The maximum atomic E-state index is 11.4. The molecule has 1 aromatic heterocycles. The predicted molar refractivity (Wildman–Crippen MR) is 58.8 cm³/mol. The first-order chi connectivity index (χ1) is 7.13. The Morgan fingerprint density at radius 2 is 2.33 bits per heavy atom. The van der Waals surface area contributed by atoms with Gasteiger partial charge in [-0.05, 0) is 13.8 Å². The SMILES string of the molecule is CCNC(=O)C(C)Nc1cncc(Cl)n1. The standard InChI is InChI=1S/C9H13ClN4O/c1-3-12-9(15)6(2)13-8-5-11-4-7(10)14-8/h4-6H,3H2,1-2H3,(H,12,15)(H,13,14). The lowest BCUT2D eigenvalue weighted by atomic mass is 10.3. The van der Waals surface area contributed by atoms with Gasteiger partial charge >= 0.3 is 0 Å². The monoisotopic (exact) mass is 228 g/mol. The number of amides is 1. The summed E-state index contributed by atoms with van der Waals surface area (Å²) in [5, 5.41) is 5.89. The van der Waals surface area contributed by atoms with Crippen molar-refractivity contribution in [3.05, 3.63) is 17.5 Å². The topological polar surface area (TPSA) is 66.9 Å². The van der Waals surface area contributed by atoms with Gasteiger partial charge in [0.2, 0.25) is 5.91 Å². The Morgan fingerprint density at radius 1 is 1.60 bits per heavy atom. The van der Waals surface area contributed by atoms with E-state index < -0.39 is 0 Å². The minimum Gasteiger partial charge on any atom is -0.357 e. The molecule has 0 aromatic carbocycles. The average molecular weight is 229 g/mol. The van der Waals surface area contributed by atoms with E-state index in [4.69, 9.17) is 11.6 Å². The van der Waals surface area contributed by atoms with Gasteiger partial charge in [0.15, 0.2) is 0 Å². The van der Waals surface area contributed by atoms with E-state index in [0.717, 1.165) is 0 Å². The molecule has 0 fully saturated rings. The first-order valence-corrected chi connectivity index (χ1v) is 5.03. The van der Waals surface area contributed by atoms with E-state index in [0.29, 0.717) is 17.5 Å². The number of halogens is 1. The Bertz CT molecular complexity index is 345. The number of rotatable bonds is 4. The van der Waals surface area contributed by atoms with Crippen molar-refractivity contribution in [3.8, 4) is 0 Å². The molecule has 0 bridgehead atoms. The van der Waals surface area contributed by atoms with Crippen LogP contribution in [0.2, 0.25) is 5.15 Å². The van der Waals surface area contributed by atoms with Crippen LogP contribution in [0.4, 0.5) is 5.82 Å². The third kappa shape index (κ3) is 3.71. The molecule has 0 aliphatic heterocycles. The van der Waals surface area contributed by atoms with Crippen LogP contribution in [0, 0.1) is 0 Å². The summed E-state index contributed by atoms with van der Waals surface area (Å²) in [6.07, 6.45) is 2.95. The number of carbonyl (C=O) groups is 1. The van der Waals surface area contributed by atoms with Crippen LogP contribution < -0.4 is 10.6 Å². The number of hydrogen-bond acceptors (Lipinski definition) is 4. The second-order valence-corrected chi connectivity index (χ2v) is 3.37. The Balaban J connectivity index is 2.58. The minimum absolute atomic E-state index is 0.0840. The summed E-state index contributed by atoms with van der Waals surface area (Å²) in [5.74, 6) is 0.403. The molecule has 6 heteroatoms. The maximum absolute atomic E-state index is 11.4. The molecule has 15 heavy (non-hydrogen) atoms. The highest BCUT2D eigenvalue weighted by Gasteiger charge is 2.11. The highest BCUT2D eigenvalue weighted by Crippen LogP contribution is 2.07. The van der Waals surface area contributed by atoms with E-state index >= 15 is 0 Å². The first kappa shape index (κ1) is 11.7. The fourth-order valence-corrected chi connectivity index (χ4v) is 1.17. The summed E-state index contributed by atoms with van der Waals surface area (Å²) in [7, 11) is 0. The Hall–Kier alpha value is -1.36. The fraction of sp³-hybridized carbons (Fsp3) is 0.444. The second kappa shape index (κ2) is 5.50. The summed E-state index contributed by atoms with van der Waals surface area (Å²) < 4.78 is 0. The van der Waals surface area contributed by atoms with Crippen molar-refractivity contribution in [1.29, 1.82) is 0 Å². The van der Waals surface area contributed by atoms with Crippen LogP contribution in [0.5, 0.6) is 0 Å². The summed E-state index contributed by atoms with van der Waals surface area (Å²) in [5.41, 5.74) is 0. The summed E-state index contributed by atoms with van der Waals surface area (Å²) in [6.45, 7) is 4.21. The summed E-state index contributed by atoms with van der Waals surface area (Å²) >= 11 is 5.65. The van der Waals surface area contributed by atoms with Gasteiger partial charge in [-0.3, -0.25) is 9.78 Å². The van der Waals surface area contributed by atoms with Crippen molar-refractivity contribution in [3.63, 3.8) is 0 Å². The van der Waals surface area contributed by atoms with Gasteiger partial charge in [-0.1, -0.05) is 11.6 Å². The van der Waals surface area contributed by atoms with Gasteiger partial charge in [0.25, 0.3) is 0 Å². The molecule has 1 aromatic rings. The molecule has 0 radical (unpaired) electrons. The highest BCUT2D eigenvalue weighted by atomic mass is 35.5. The van der Waals surface area contributed by atoms with Crippen molar-refractivity contribution in [1.82, 2.24) is 15.3 Å². The number of anilines is 1. The molecule has 1 atom stereocenters. The number of nitrogens with zero attached hydrogens (tertiary/aromatic N) is 2. The highest BCUT2D eigenvalue weighted by molar-refractivity contribution is 6.29. The molecule has 0 aliphatic carbocycles. The minimum atomic E-state index is -0.363. The van der Waals surface area contributed by atoms with Crippen LogP contribution in [0.1, 0.15) is 13.8 Å². The van der Waals surface area contributed by atoms with Crippen molar-refractivity contribution in [2.75, 3.05) is 11.9 Å². The van der Waals surface area contributed by atoms with Gasteiger partial charge in [0.1, 0.15) is 17.0 Å². The van der Waals surface area contributed by atoms with Crippen LogP contribution >= 0.6 is 11.6 Å². The molecular weight excluding hydrogens is 216 g/mol. The Kier molecular flexibility index (Phi) is 4.30. The molecule has 0 saturated carbocycles. The third-order valence-electron chi connectivity index (χ3n) is 1.71. The quantitative estimate of drug-likeness (QED) is 0.809. The number of hydrogen-bond donors (Lipinski definition) is 2. The van der Waals surface area contributed by atoms with Crippen molar-refractivity contribution >= 4 is 23.3 Å². The molecule has 2 N–H and O–H groups in total. The smallest absolute Gasteiger partial charge is 0.242 e. The molecule has 0 saturated heterocycles.